The van der Waals surface area contributed by atoms with Crippen LogP contribution in [-0.2, 0) is 14.3 Å². The first-order valence-corrected chi connectivity index (χ1v) is 7.63. The number of benzene rings is 1. The summed E-state index contributed by atoms with van der Waals surface area (Å²) in [6, 6.07) is 7.17. The normalized spacial score (nSPS) is 16.8. The van der Waals surface area contributed by atoms with Gasteiger partial charge in [-0.2, -0.15) is 5.26 Å². The minimum absolute atomic E-state index is 0.0325. The van der Waals surface area contributed by atoms with Crippen molar-refractivity contribution in [3.05, 3.63) is 46.6 Å². The number of methoxy groups -OCH3 is 3. The Labute approximate surface area is 146 Å². The number of nitrogens with two attached hydrogens (primary N) is 1. The highest BCUT2D eigenvalue weighted by molar-refractivity contribution is 5.92. The van der Waals surface area contributed by atoms with Crippen molar-refractivity contribution in [1.82, 2.24) is 0 Å². The lowest BCUT2D eigenvalue weighted by atomic mass is 9.82. The van der Waals surface area contributed by atoms with E-state index in [0.717, 1.165) is 0 Å². The summed E-state index contributed by atoms with van der Waals surface area (Å²) in [4.78, 5) is 12.4. The average Bonchev–Trinajstić information content (AvgIpc) is 2.65. The van der Waals surface area contributed by atoms with Crippen molar-refractivity contribution in [2.75, 3.05) is 21.3 Å². The zero-order valence-corrected chi connectivity index (χ0v) is 14.6. The lowest BCUT2D eigenvalue weighted by molar-refractivity contribution is -0.136. The van der Waals surface area contributed by atoms with Gasteiger partial charge in [0.15, 0.2) is 0 Å². The molecule has 1 heterocycles. The third-order valence-electron chi connectivity index (χ3n) is 3.97. The van der Waals surface area contributed by atoms with Crippen LogP contribution in [0.4, 0.5) is 0 Å². The molecule has 0 bridgehead atoms. The third kappa shape index (κ3) is 3.24. The maximum absolute atomic E-state index is 12.4. The summed E-state index contributed by atoms with van der Waals surface area (Å²) in [5.74, 6) is 0.0501. The van der Waals surface area contributed by atoms with E-state index in [1.165, 1.54) is 21.3 Å². The summed E-state index contributed by atoms with van der Waals surface area (Å²) in [6.07, 6.45) is 0.415. The monoisotopic (exact) mass is 344 g/mol. The molecule has 7 nitrogen and oxygen atoms in total. The van der Waals surface area contributed by atoms with E-state index in [2.05, 4.69) is 0 Å². The standard InChI is InChI=1S/C18H20N2O5/c1-5-13-16(18(21)24-4)15(12(9-19)17(20)25-13)11-7-6-10(22-2)8-14(11)23-3/h6-8,15H,5,20H2,1-4H3/t15-/m0/s1. The first kappa shape index (κ1) is 18.2. The molecule has 1 aliphatic heterocycles. The maximum atomic E-state index is 12.4. The Kier molecular flexibility index (Phi) is 5.55. The first-order valence-electron chi connectivity index (χ1n) is 7.63. The molecule has 25 heavy (non-hydrogen) atoms. The first-order chi connectivity index (χ1) is 12.0. The Morgan fingerprint density at radius 1 is 1.32 bits per heavy atom. The van der Waals surface area contributed by atoms with E-state index in [-0.39, 0.29) is 17.0 Å². The van der Waals surface area contributed by atoms with E-state index in [1.54, 1.807) is 18.2 Å². The molecule has 0 fully saturated rings. The Morgan fingerprint density at radius 2 is 2.04 bits per heavy atom. The Hall–Kier alpha value is -3.14. The van der Waals surface area contributed by atoms with Crippen molar-refractivity contribution in [2.45, 2.75) is 19.3 Å². The van der Waals surface area contributed by atoms with E-state index in [1.807, 2.05) is 13.0 Å². The lowest BCUT2D eigenvalue weighted by Crippen LogP contribution is -2.26. The van der Waals surface area contributed by atoms with Gasteiger partial charge in [-0.1, -0.05) is 13.0 Å². The second-order valence-corrected chi connectivity index (χ2v) is 5.21. The largest absolute Gasteiger partial charge is 0.497 e. The summed E-state index contributed by atoms with van der Waals surface area (Å²) in [5.41, 5.74) is 6.87. The minimum atomic E-state index is -0.748. The van der Waals surface area contributed by atoms with Crippen LogP contribution in [-0.4, -0.2) is 27.3 Å². The molecule has 0 radical (unpaired) electrons. The number of allylic oxidation sites excluding steroid dienone is 2. The van der Waals surface area contributed by atoms with Gasteiger partial charge in [0.2, 0.25) is 5.88 Å². The van der Waals surface area contributed by atoms with Crippen LogP contribution in [0.3, 0.4) is 0 Å². The van der Waals surface area contributed by atoms with Crippen LogP contribution >= 0.6 is 0 Å². The second-order valence-electron chi connectivity index (χ2n) is 5.21. The molecule has 0 saturated carbocycles. The highest BCUT2D eigenvalue weighted by Gasteiger charge is 2.38. The molecule has 7 heteroatoms. The maximum Gasteiger partial charge on any atom is 0.338 e. The van der Waals surface area contributed by atoms with Crippen LogP contribution in [0.1, 0.15) is 24.8 Å². The van der Waals surface area contributed by atoms with Crippen molar-refractivity contribution in [3.8, 4) is 17.6 Å². The second kappa shape index (κ2) is 7.62. The molecule has 0 amide bonds. The van der Waals surface area contributed by atoms with Gasteiger partial charge >= 0.3 is 5.97 Å². The summed E-state index contributed by atoms with van der Waals surface area (Å²) < 4.78 is 21.0. The fraction of sp³-hybridized carbons (Fsp3) is 0.333. The number of hydrogen-bond acceptors (Lipinski definition) is 7. The van der Waals surface area contributed by atoms with Crippen LogP contribution in [0.25, 0.3) is 0 Å². The van der Waals surface area contributed by atoms with Gasteiger partial charge in [-0.05, 0) is 6.07 Å². The quantitative estimate of drug-likeness (QED) is 0.818. The SMILES string of the molecule is CCC1=C(C(=O)OC)[C@@H](c2ccc(OC)cc2OC)C(C#N)=C(N)O1. The van der Waals surface area contributed by atoms with Gasteiger partial charge in [0.25, 0.3) is 0 Å². The Bertz CT molecular complexity index is 789. The summed E-state index contributed by atoms with van der Waals surface area (Å²) in [5, 5.41) is 9.58. The number of carbonyl (C=O) groups is 1. The van der Waals surface area contributed by atoms with Crippen LogP contribution in [0.15, 0.2) is 41.0 Å². The number of ether oxygens (including phenoxy) is 4. The average molecular weight is 344 g/mol. The molecule has 1 atom stereocenters. The van der Waals surface area contributed by atoms with Crippen molar-refractivity contribution < 1.29 is 23.7 Å². The minimum Gasteiger partial charge on any atom is -0.497 e. The molecule has 1 aromatic carbocycles. The Morgan fingerprint density at radius 3 is 2.56 bits per heavy atom. The number of rotatable bonds is 5. The fourth-order valence-electron chi connectivity index (χ4n) is 2.78. The van der Waals surface area contributed by atoms with E-state index >= 15 is 0 Å². The van der Waals surface area contributed by atoms with E-state index < -0.39 is 11.9 Å². The third-order valence-corrected chi connectivity index (χ3v) is 3.97. The van der Waals surface area contributed by atoms with Crippen molar-refractivity contribution in [3.63, 3.8) is 0 Å². The molecule has 132 valence electrons. The van der Waals surface area contributed by atoms with E-state index in [4.69, 9.17) is 24.7 Å². The van der Waals surface area contributed by atoms with Gasteiger partial charge in [0.1, 0.15) is 28.9 Å². The van der Waals surface area contributed by atoms with Crippen molar-refractivity contribution >= 4 is 5.97 Å². The van der Waals surface area contributed by atoms with Gasteiger partial charge in [-0.25, -0.2) is 4.79 Å². The van der Waals surface area contributed by atoms with Gasteiger partial charge in [-0.3, -0.25) is 0 Å². The number of carbonyl (C=O) groups excluding carboxylic acids is 1. The van der Waals surface area contributed by atoms with Gasteiger partial charge in [-0.15, -0.1) is 0 Å². The Balaban J connectivity index is 2.75. The summed E-state index contributed by atoms with van der Waals surface area (Å²) in [7, 11) is 4.31. The molecule has 1 aromatic rings. The lowest BCUT2D eigenvalue weighted by Gasteiger charge is -2.28. The van der Waals surface area contributed by atoms with Crippen molar-refractivity contribution in [1.29, 1.82) is 5.26 Å². The van der Waals surface area contributed by atoms with Gasteiger partial charge < -0.3 is 24.7 Å². The predicted octanol–water partition coefficient (Wildman–Crippen LogP) is 2.35. The number of nitrogens with zero attached hydrogens (tertiary/aromatic N) is 1. The van der Waals surface area contributed by atoms with Crippen LogP contribution in [0, 0.1) is 11.3 Å². The molecule has 0 aliphatic carbocycles. The predicted molar refractivity (Wildman–Crippen MR) is 89.5 cm³/mol. The molecule has 0 saturated heterocycles. The van der Waals surface area contributed by atoms with Crippen LogP contribution < -0.4 is 15.2 Å². The molecule has 2 rings (SSSR count). The zero-order valence-electron chi connectivity index (χ0n) is 14.6. The molecule has 1 aliphatic rings. The van der Waals surface area contributed by atoms with E-state index in [9.17, 15) is 10.1 Å². The smallest absolute Gasteiger partial charge is 0.338 e. The molecule has 0 unspecified atom stereocenters. The fourth-order valence-corrected chi connectivity index (χ4v) is 2.78. The molecular weight excluding hydrogens is 324 g/mol. The topological polar surface area (TPSA) is 104 Å². The molecular formula is C18H20N2O5. The zero-order chi connectivity index (χ0) is 18.6. The molecule has 2 N–H and O–H groups in total. The number of hydrogen-bond donors (Lipinski definition) is 1. The van der Waals surface area contributed by atoms with Crippen LogP contribution in [0.5, 0.6) is 11.5 Å². The number of esters is 1. The molecule has 0 spiro atoms. The van der Waals surface area contributed by atoms with E-state index in [0.29, 0.717) is 29.2 Å². The van der Waals surface area contributed by atoms with Gasteiger partial charge in [0, 0.05) is 18.1 Å². The van der Waals surface area contributed by atoms with Gasteiger partial charge in [0.05, 0.1) is 32.8 Å². The van der Waals surface area contributed by atoms with Crippen molar-refractivity contribution in [2.24, 2.45) is 5.73 Å². The summed E-state index contributed by atoms with van der Waals surface area (Å²) in [6.45, 7) is 1.82. The van der Waals surface area contributed by atoms with Crippen LogP contribution in [0.2, 0.25) is 0 Å². The summed E-state index contributed by atoms with van der Waals surface area (Å²) >= 11 is 0. The highest BCUT2D eigenvalue weighted by Crippen LogP contribution is 2.44. The molecule has 0 aromatic heterocycles. The number of nitriles is 1. The highest BCUT2D eigenvalue weighted by atomic mass is 16.5.